The number of aryl methyl sites for hydroxylation is 1. The summed E-state index contributed by atoms with van der Waals surface area (Å²) in [6.07, 6.45) is 1.49. The van der Waals surface area contributed by atoms with Gasteiger partial charge in [-0.25, -0.2) is 17.8 Å². The van der Waals surface area contributed by atoms with E-state index in [1.54, 1.807) is 13.0 Å². The van der Waals surface area contributed by atoms with Crippen molar-refractivity contribution in [1.82, 2.24) is 4.98 Å². The minimum absolute atomic E-state index is 0.0206. The van der Waals surface area contributed by atoms with E-state index in [0.29, 0.717) is 6.54 Å². The predicted octanol–water partition coefficient (Wildman–Crippen LogP) is 2.76. The van der Waals surface area contributed by atoms with Gasteiger partial charge in [-0.1, -0.05) is 6.07 Å². The summed E-state index contributed by atoms with van der Waals surface area (Å²) in [4.78, 5) is 3.97. The molecule has 0 aliphatic heterocycles. The van der Waals surface area contributed by atoms with Crippen LogP contribution in [0.2, 0.25) is 0 Å². The Morgan fingerprint density at radius 1 is 1.29 bits per heavy atom. The van der Waals surface area contributed by atoms with E-state index in [2.05, 4.69) is 15.0 Å². The van der Waals surface area contributed by atoms with Gasteiger partial charge in [-0.3, -0.25) is 4.72 Å². The lowest BCUT2D eigenvalue weighted by atomic mass is 10.2. The van der Waals surface area contributed by atoms with Gasteiger partial charge in [0.05, 0.1) is 5.69 Å². The van der Waals surface area contributed by atoms with E-state index in [0.717, 1.165) is 5.56 Å². The van der Waals surface area contributed by atoms with Gasteiger partial charge in [-0.05, 0) is 43.7 Å². The molecule has 1 heterocycles. The number of nitrogens with zero attached hydrogens (tertiary/aromatic N) is 1. The number of aromatic nitrogens is 1. The average Bonchev–Trinajstić information content (AvgIpc) is 2.43. The predicted molar refractivity (Wildman–Crippen MR) is 80.3 cm³/mol. The van der Waals surface area contributed by atoms with Crippen molar-refractivity contribution in [3.63, 3.8) is 0 Å². The lowest BCUT2D eigenvalue weighted by Crippen LogP contribution is -2.17. The standard InChI is InChI=1S/C14H16FN3O2S/c1-3-16-14-13(5-4-8-17-14)21(19,20)18-12-9-10(2)6-7-11(12)15/h4-9,18H,3H2,1-2H3,(H,16,17). The highest BCUT2D eigenvalue weighted by Gasteiger charge is 2.20. The first-order chi connectivity index (χ1) is 9.94. The zero-order valence-electron chi connectivity index (χ0n) is 11.7. The number of nitrogens with one attached hydrogen (secondary N) is 2. The van der Waals surface area contributed by atoms with Crippen LogP contribution in [0.1, 0.15) is 12.5 Å². The zero-order chi connectivity index (χ0) is 15.5. The molecule has 112 valence electrons. The van der Waals surface area contributed by atoms with Crippen LogP contribution in [-0.4, -0.2) is 19.9 Å². The minimum Gasteiger partial charge on any atom is -0.369 e. The van der Waals surface area contributed by atoms with Crippen molar-refractivity contribution >= 4 is 21.5 Å². The van der Waals surface area contributed by atoms with E-state index < -0.39 is 15.8 Å². The van der Waals surface area contributed by atoms with Crippen LogP contribution in [0.25, 0.3) is 0 Å². The number of pyridine rings is 1. The van der Waals surface area contributed by atoms with Crippen molar-refractivity contribution in [3.8, 4) is 0 Å². The van der Waals surface area contributed by atoms with Crippen LogP contribution in [0.5, 0.6) is 0 Å². The fourth-order valence-electron chi connectivity index (χ4n) is 1.82. The van der Waals surface area contributed by atoms with E-state index in [9.17, 15) is 12.8 Å². The average molecular weight is 309 g/mol. The highest BCUT2D eigenvalue weighted by atomic mass is 32.2. The van der Waals surface area contributed by atoms with Crippen LogP contribution in [0.4, 0.5) is 15.9 Å². The van der Waals surface area contributed by atoms with Crippen molar-refractivity contribution in [3.05, 3.63) is 47.9 Å². The Hall–Kier alpha value is -2.15. The highest BCUT2D eigenvalue weighted by molar-refractivity contribution is 7.92. The lowest BCUT2D eigenvalue weighted by molar-refractivity contribution is 0.598. The lowest BCUT2D eigenvalue weighted by Gasteiger charge is -2.12. The molecule has 0 radical (unpaired) electrons. The van der Waals surface area contributed by atoms with Crippen LogP contribution in [0, 0.1) is 12.7 Å². The maximum Gasteiger partial charge on any atom is 0.265 e. The van der Waals surface area contributed by atoms with Crippen LogP contribution < -0.4 is 10.0 Å². The molecule has 1 aromatic carbocycles. The summed E-state index contributed by atoms with van der Waals surface area (Å²) in [6.45, 7) is 4.11. The number of halogens is 1. The number of rotatable bonds is 5. The van der Waals surface area contributed by atoms with Gasteiger partial charge in [0.2, 0.25) is 0 Å². The molecule has 7 heteroatoms. The third-order valence-electron chi connectivity index (χ3n) is 2.77. The van der Waals surface area contributed by atoms with E-state index in [-0.39, 0.29) is 16.4 Å². The zero-order valence-corrected chi connectivity index (χ0v) is 12.5. The third kappa shape index (κ3) is 3.49. The maximum absolute atomic E-state index is 13.7. The first-order valence-corrected chi connectivity index (χ1v) is 7.90. The number of benzene rings is 1. The van der Waals surface area contributed by atoms with Gasteiger partial charge < -0.3 is 5.32 Å². The molecule has 0 spiro atoms. The van der Waals surface area contributed by atoms with Crippen LogP contribution in [-0.2, 0) is 10.0 Å². The fraction of sp³-hybridized carbons (Fsp3) is 0.214. The molecular weight excluding hydrogens is 293 g/mol. The Kier molecular flexibility index (Phi) is 4.42. The molecule has 0 aliphatic carbocycles. The first-order valence-electron chi connectivity index (χ1n) is 6.42. The summed E-state index contributed by atoms with van der Waals surface area (Å²) >= 11 is 0. The van der Waals surface area contributed by atoms with Gasteiger partial charge in [0, 0.05) is 12.7 Å². The molecule has 2 rings (SSSR count). The molecule has 21 heavy (non-hydrogen) atoms. The van der Waals surface area contributed by atoms with Crippen LogP contribution >= 0.6 is 0 Å². The number of anilines is 2. The minimum atomic E-state index is -3.92. The van der Waals surface area contributed by atoms with E-state index in [1.165, 1.54) is 30.5 Å². The molecule has 0 saturated heterocycles. The van der Waals surface area contributed by atoms with Crippen molar-refractivity contribution in [2.75, 3.05) is 16.6 Å². The number of hydrogen-bond donors (Lipinski definition) is 2. The summed E-state index contributed by atoms with van der Waals surface area (Å²) in [5, 5.41) is 2.87. The second-order valence-corrected chi connectivity index (χ2v) is 6.12. The van der Waals surface area contributed by atoms with Crippen LogP contribution in [0.3, 0.4) is 0 Å². The Labute approximate surface area is 123 Å². The first kappa shape index (κ1) is 15.2. The Bertz CT molecular complexity index is 748. The monoisotopic (exact) mass is 309 g/mol. The Morgan fingerprint density at radius 3 is 2.76 bits per heavy atom. The van der Waals surface area contributed by atoms with Gasteiger partial charge in [0.1, 0.15) is 16.5 Å². The molecule has 0 saturated carbocycles. The summed E-state index contributed by atoms with van der Waals surface area (Å²) in [7, 11) is -3.92. The fourth-order valence-corrected chi connectivity index (χ4v) is 3.02. The third-order valence-corrected chi connectivity index (χ3v) is 4.17. The molecule has 5 nitrogen and oxygen atoms in total. The Balaban J connectivity index is 2.41. The molecule has 0 aliphatic rings. The van der Waals surface area contributed by atoms with Gasteiger partial charge >= 0.3 is 0 Å². The molecule has 1 aromatic heterocycles. The molecule has 2 N–H and O–H groups in total. The molecule has 0 unspecified atom stereocenters. The van der Waals surface area contributed by atoms with Gasteiger partial charge in [-0.2, -0.15) is 0 Å². The largest absolute Gasteiger partial charge is 0.369 e. The van der Waals surface area contributed by atoms with E-state index >= 15 is 0 Å². The van der Waals surface area contributed by atoms with E-state index in [4.69, 9.17) is 0 Å². The molecule has 2 aromatic rings. The van der Waals surface area contributed by atoms with Gasteiger partial charge in [-0.15, -0.1) is 0 Å². The summed E-state index contributed by atoms with van der Waals surface area (Å²) in [5.41, 5.74) is 0.675. The summed E-state index contributed by atoms with van der Waals surface area (Å²) in [5.74, 6) is -0.390. The smallest absolute Gasteiger partial charge is 0.265 e. The van der Waals surface area contributed by atoms with Crippen LogP contribution in [0.15, 0.2) is 41.4 Å². The van der Waals surface area contributed by atoms with Crippen molar-refractivity contribution in [2.24, 2.45) is 0 Å². The summed E-state index contributed by atoms with van der Waals surface area (Å²) < 4.78 is 40.8. The highest BCUT2D eigenvalue weighted by Crippen LogP contribution is 2.23. The second kappa shape index (κ2) is 6.09. The second-order valence-electron chi connectivity index (χ2n) is 4.47. The van der Waals surface area contributed by atoms with Crippen molar-refractivity contribution in [1.29, 1.82) is 0 Å². The molecule has 0 fully saturated rings. The van der Waals surface area contributed by atoms with E-state index in [1.807, 2.05) is 6.92 Å². The number of hydrogen-bond acceptors (Lipinski definition) is 4. The van der Waals surface area contributed by atoms with Gasteiger partial charge in [0.25, 0.3) is 10.0 Å². The quantitative estimate of drug-likeness (QED) is 0.891. The molecule has 0 atom stereocenters. The molecular formula is C14H16FN3O2S. The van der Waals surface area contributed by atoms with Crippen molar-refractivity contribution in [2.45, 2.75) is 18.7 Å². The maximum atomic E-state index is 13.7. The SMILES string of the molecule is CCNc1ncccc1S(=O)(=O)Nc1cc(C)ccc1F. The molecule has 0 amide bonds. The van der Waals surface area contributed by atoms with Gasteiger partial charge in [0.15, 0.2) is 0 Å². The Morgan fingerprint density at radius 2 is 2.05 bits per heavy atom. The number of sulfonamides is 1. The summed E-state index contributed by atoms with van der Waals surface area (Å²) in [6, 6.07) is 7.17. The topological polar surface area (TPSA) is 71.1 Å². The van der Waals surface area contributed by atoms with Crippen molar-refractivity contribution < 1.29 is 12.8 Å². The normalized spacial score (nSPS) is 11.2. The molecule has 0 bridgehead atoms.